The maximum Gasteiger partial charge on any atom is 0.246 e. The van der Waals surface area contributed by atoms with Crippen molar-refractivity contribution < 1.29 is 26.7 Å². The van der Waals surface area contributed by atoms with Crippen LogP contribution in [0, 0.1) is 17.6 Å². The first-order valence-corrected chi connectivity index (χ1v) is 11.7. The molecule has 0 bridgehead atoms. The third-order valence-corrected chi connectivity index (χ3v) is 8.24. The standard InChI is InChI=1S/C20H26F2N2O4S/c21-15-5-6-16(22)19(13-15)29(26,27)23-9-7-14(8-10-23)20(25)24-11-12-28-18-4-2-1-3-17(18)24/h5-6,13-14,17-18H,1-4,7-12H2. The van der Waals surface area contributed by atoms with E-state index in [-0.39, 0.29) is 37.1 Å². The highest BCUT2D eigenvalue weighted by Gasteiger charge is 2.41. The van der Waals surface area contributed by atoms with Gasteiger partial charge in [-0.25, -0.2) is 17.2 Å². The number of halogens is 2. The molecule has 9 heteroatoms. The summed E-state index contributed by atoms with van der Waals surface area (Å²) in [6, 6.07) is 2.53. The summed E-state index contributed by atoms with van der Waals surface area (Å²) in [5, 5.41) is 0. The van der Waals surface area contributed by atoms with Crippen molar-refractivity contribution in [1.29, 1.82) is 0 Å². The predicted octanol–water partition coefficient (Wildman–Crippen LogP) is 2.54. The summed E-state index contributed by atoms with van der Waals surface area (Å²) in [6.45, 7) is 1.35. The number of carbonyl (C=O) groups is 1. The average molecular weight is 429 g/mol. The third-order valence-electron chi connectivity index (χ3n) is 6.33. The first-order valence-electron chi connectivity index (χ1n) is 10.3. The monoisotopic (exact) mass is 428 g/mol. The molecule has 0 radical (unpaired) electrons. The molecule has 0 spiro atoms. The van der Waals surface area contributed by atoms with Gasteiger partial charge < -0.3 is 9.64 Å². The van der Waals surface area contributed by atoms with E-state index in [4.69, 9.17) is 4.74 Å². The van der Waals surface area contributed by atoms with E-state index in [0.717, 1.165) is 42.1 Å². The van der Waals surface area contributed by atoms with E-state index in [9.17, 15) is 22.0 Å². The summed E-state index contributed by atoms with van der Waals surface area (Å²) in [5.74, 6) is -1.95. The van der Waals surface area contributed by atoms with Crippen LogP contribution >= 0.6 is 0 Å². The van der Waals surface area contributed by atoms with E-state index in [1.165, 1.54) is 0 Å². The number of rotatable bonds is 3. The Morgan fingerprint density at radius 2 is 1.76 bits per heavy atom. The Bertz CT molecular complexity index is 869. The molecule has 0 aromatic heterocycles. The fraction of sp³-hybridized carbons (Fsp3) is 0.650. The van der Waals surface area contributed by atoms with E-state index in [0.29, 0.717) is 32.1 Å². The second-order valence-electron chi connectivity index (χ2n) is 8.05. The molecule has 1 aromatic rings. The molecule has 29 heavy (non-hydrogen) atoms. The Labute approximate surface area is 169 Å². The van der Waals surface area contributed by atoms with Gasteiger partial charge in [0, 0.05) is 25.6 Å². The van der Waals surface area contributed by atoms with Gasteiger partial charge in [0.05, 0.1) is 18.8 Å². The second-order valence-corrected chi connectivity index (χ2v) is 9.95. The Kier molecular flexibility index (Phi) is 5.90. The molecule has 4 rings (SSSR count). The zero-order valence-electron chi connectivity index (χ0n) is 16.2. The van der Waals surface area contributed by atoms with Crippen LogP contribution < -0.4 is 0 Å². The molecule has 2 aliphatic heterocycles. The van der Waals surface area contributed by atoms with Crippen LogP contribution in [0.25, 0.3) is 0 Å². The minimum Gasteiger partial charge on any atom is -0.374 e. The summed E-state index contributed by atoms with van der Waals surface area (Å²) < 4.78 is 59.9. The zero-order chi connectivity index (χ0) is 20.6. The molecule has 3 aliphatic rings. The van der Waals surface area contributed by atoms with Crippen molar-refractivity contribution in [3.8, 4) is 0 Å². The minimum absolute atomic E-state index is 0.0687. The van der Waals surface area contributed by atoms with Gasteiger partial charge in [-0.05, 0) is 43.9 Å². The Morgan fingerprint density at radius 3 is 2.52 bits per heavy atom. The van der Waals surface area contributed by atoms with E-state index >= 15 is 0 Å². The van der Waals surface area contributed by atoms with Gasteiger partial charge in [0.25, 0.3) is 0 Å². The van der Waals surface area contributed by atoms with Crippen molar-refractivity contribution in [1.82, 2.24) is 9.21 Å². The highest BCUT2D eigenvalue weighted by atomic mass is 32.2. The number of fused-ring (bicyclic) bond motifs is 1. The summed E-state index contributed by atoms with van der Waals surface area (Å²) in [5.41, 5.74) is 0. The largest absolute Gasteiger partial charge is 0.374 e. The third kappa shape index (κ3) is 4.04. The molecule has 0 N–H and O–H groups in total. The van der Waals surface area contributed by atoms with Gasteiger partial charge in [0.1, 0.15) is 16.5 Å². The van der Waals surface area contributed by atoms with Crippen LogP contribution in [0.1, 0.15) is 38.5 Å². The summed E-state index contributed by atoms with van der Waals surface area (Å²) in [6.07, 6.45) is 5.00. The molecule has 3 fully saturated rings. The van der Waals surface area contributed by atoms with Gasteiger partial charge in [-0.1, -0.05) is 12.8 Å². The number of nitrogens with zero attached hydrogens (tertiary/aromatic N) is 2. The molecule has 2 saturated heterocycles. The van der Waals surface area contributed by atoms with Crippen LogP contribution in [0.15, 0.2) is 23.1 Å². The number of carbonyl (C=O) groups excluding carboxylic acids is 1. The van der Waals surface area contributed by atoms with Gasteiger partial charge in [-0.3, -0.25) is 4.79 Å². The normalized spacial score (nSPS) is 26.9. The molecule has 160 valence electrons. The van der Waals surface area contributed by atoms with Gasteiger partial charge in [0.15, 0.2) is 0 Å². The van der Waals surface area contributed by atoms with E-state index in [1.807, 2.05) is 4.90 Å². The predicted molar refractivity (Wildman–Crippen MR) is 102 cm³/mol. The Morgan fingerprint density at radius 1 is 1.03 bits per heavy atom. The Balaban J connectivity index is 1.42. The van der Waals surface area contributed by atoms with Gasteiger partial charge in [-0.15, -0.1) is 0 Å². The topological polar surface area (TPSA) is 66.9 Å². The molecular weight excluding hydrogens is 402 g/mol. The molecule has 1 aliphatic carbocycles. The van der Waals surface area contributed by atoms with Crippen LogP contribution in [-0.2, 0) is 19.6 Å². The number of benzene rings is 1. The number of hydrogen-bond donors (Lipinski definition) is 0. The maximum absolute atomic E-state index is 14.0. The molecule has 1 saturated carbocycles. The number of hydrogen-bond acceptors (Lipinski definition) is 4. The lowest BCUT2D eigenvalue weighted by molar-refractivity contribution is -0.154. The maximum atomic E-state index is 14.0. The van der Waals surface area contributed by atoms with Crippen molar-refractivity contribution in [3.63, 3.8) is 0 Å². The molecule has 1 amide bonds. The number of sulfonamides is 1. The number of amides is 1. The zero-order valence-corrected chi connectivity index (χ0v) is 17.0. The summed E-state index contributed by atoms with van der Waals surface area (Å²) in [7, 11) is -4.13. The van der Waals surface area contributed by atoms with Crippen LogP contribution in [0.2, 0.25) is 0 Å². The van der Waals surface area contributed by atoms with Gasteiger partial charge in [-0.2, -0.15) is 4.31 Å². The highest BCUT2D eigenvalue weighted by Crippen LogP contribution is 2.32. The van der Waals surface area contributed by atoms with E-state index in [2.05, 4.69) is 0 Å². The van der Waals surface area contributed by atoms with Crippen LogP contribution in [-0.4, -0.2) is 61.9 Å². The SMILES string of the molecule is O=C(C1CCN(S(=O)(=O)c2cc(F)ccc2F)CC1)N1CCOC2CCCCC21. The lowest BCUT2D eigenvalue weighted by Gasteiger charge is -2.45. The van der Waals surface area contributed by atoms with E-state index < -0.39 is 26.6 Å². The smallest absolute Gasteiger partial charge is 0.246 e. The molecule has 2 atom stereocenters. The first-order chi connectivity index (χ1) is 13.9. The molecule has 2 unspecified atom stereocenters. The molecule has 2 heterocycles. The molecular formula is C20H26F2N2O4S. The molecule has 1 aromatic carbocycles. The molecule has 6 nitrogen and oxygen atoms in total. The van der Waals surface area contributed by atoms with Crippen molar-refractivity contribution in [3.05, 3.63) is 29.8 Å². The quantitative estimate of drug-likeness (QED) is 0.742. The van der Waals surface area contributed by atoms with Crippen molar-refractivity contribution in [2.75, 3.05) is 26.2 Å². The highest BCUT2D eigenvalue weighted by molar-refractivity contribution is 7.89. The fourth-order valence-corrected chi connectivity index (χ4v) is 6.31. The lowest BCUT2D eigenvalue weighted by Crippen LogP contribution is -2.57. The number of ether oxygens (including phenoxy) is 1. The van der Waals surface area contributed by atoms with E-state index in [1.54, 1.807) is 0 Å². The fourth-order valence-electron chi connectivity index (χ4n) is 4.76. The van der Waals surface area contributed by atoms with Crippen molar-refractivity contribution in [2.24, 2.45) is 5.92 Å². The van der Waals surface area contributed by atoms with Crippen molar-refractivity contribution in [2.45, 2.75) is 55.6 Å². The van der Waals surface area contributed by atoms with Crippen LogP contribution in [0.4, 0.5) is 8.78 Å². The first kappa shape index (κ1) is 20.7. The Hall–Kier alpha value is -1.58. The number of piperidine rings is 1. The minimum atomic E-state index is -4.13. The second kappa shape index (κ2) is 8.28. The lowest BCUT2D eigenvalue weighted by atomic mass is 9.88. The summed E-state index contributed by atoms with van der Waals surface area (Å²) >= 11 is 0. The average Bonchev–Trinajstić information content (AvgIpc) is 2.74. The number of morpholine rings is 1. The van der Waals surface area contributed by atoms with Crippen LogP contribution in [0.5, 0.6) is 0 Å². The van der Waals surface area contributed by atoms with Gasteiger partial charge in [0.2, 0.25) is 15.9 Å². The van der Waals surface area contributed by atoms with Crippen molar-refractivity contribution >= 4 is 15.9 Å². The van der Waals surface area contributed by atoms with Gasteiger partial charge >= 0.3 is 0 Å². The van der Waals surface area contributed by atoms with Crippen LogP contribution in [0.3, 0.4) is 0 Å². The summed E-state index contributed by atoms with van der Waals surface area (Å²) in [4.78, 5) is 14.4.